The van der Waals surface area contributed by atoms with Gasteiger partial charge in [0.1, 0.15) is 30.0 Å². The highest BCUT2D eigenvalue weighted by Gasteiger charge is 2.43. The minimum atomic E-state index is -4.25. The van der Waals surface area contributed by atoms with Crippen LogP contribution in [0.1, 0.15) is 15.9 Å². The average molecular weight is 555 g/mol. The first-order valence-electron chi connectivity index (χ1n) is 10.8. The summed E-state index contributed by atoms with van der Waals surface area (Å²) in [5.74, 6) is -6.82. The van der Waals surface area contributed by atoms with Crippen LogP contribution in [-0.4, -0.2) is 43.3 Å². The van der Waals surface area contributed by atoms with Crippen LogP contribution in [0.3, 0.4) is 0 Å². The van der Waals surface area contributed by atoms with Gasteiger partial charge in [-0.2, -0.15) is 8.78 Å². The number of likely N-dealkylation sites (N-methyl/N-ethyl adjacent to an activating group) is 1. The number of benzene rings is 3. The quantitative estimate of drug-likeness (QED) is 0.381. The van der Waals surface area contributed by atoms with Gasteiger partial charge in [-0.1, -0.05) is 23.2 Å². The van der Waals surface area contributed by atoms with E-state index in [0.717, 1.165) is 12.1 Å². The highest BCUT2D eigenvalue weighted by Crippen LogP contribution is 2.36. The number of carboxylic acid groups (broad SMARTS) is 1. The number of ether oxygens (including phenoxy) is 2. The van der Waals surface area contributed by atoms with E-state index in [4.69, 9.17) is 37.8 Å². The molecule has 1 aliphatic heterocycles. The van der Waals surface area contributed by atoms with Crippen LogP contribution in [0.15, 0.2) is 54.6 Å². The lowest BCUT2D eigenvalue weighted by molar-refractivity contribution is -0.166. The van der Waals surface area contributed by atoms with Crippen LogP contribution in [0.5, 0.6) is 11.5 Å². The lowest BCUT2D eigenvalue weighted by Crippen LogP contribution is -2.41. The van der Waals surface area contributed by atoms with E-state index in [1.165, 1.54) is 36.4 Å². The standard InChI is InChI=1S/C25H19Cl2F3N2O5/c1-32-11-16(37-22-7-2-13(28)8-21(22)32)12-36-15-4-5-17(20(27)10-15)23(33)31-14-3-6-19(26)18(9-14)25(29,30)24(34)35/h2-10,16H,11-12H2,1H3,(H,31,33)(H,34,35)/t16-/m0/s1. The first-order chi connectivity index (χ1) is 17.5. The number of amides is 1. The van der Waals surface area contributed by atoms with Gasteiger partial charge in [0, 0.05) is 18.8 Å². The Morgan fingerprint density at radius 2 is 1.89 bits per heavy atom. The van der Waals surface area contributed by atoms with Crippen LogP contribution in [0.2, 0.25) is 10.0 Å². The van der Waals surface area contributed by atoms with Crippen LogP contribution in [0, 0.1) is 5.82 Å². The molecule has 0 radical (unpaired) electrons. The number of aliphatic carboxylic acids is 1. The number of carbonyl (C=O) groups excluding carboxylic acids is 1. The van der Waals surface area contributed by atoms with Gasteiger partial charge in [-0.3, -0.25) is 4.79 Å². The molecule has 12 heteroatoms. The zero-order valence-electron chi connectivity index (χ0n) is 19.1. The van der Waals surface area contributed by atoms with E-state index in [1.54, 1.807) is 6.07 Å². The Morgan fingerprint density at radius 3 is 2.59 bits per heavy atom. The lowest BCUT2D eigenvalue weighted by Gasteiger charge is -2.33. The lowest BCUT2D eigenvalue weighted by atomic mass is 10.1. The molecule has 0 spiro atoms. The summed E-state index contributed by atoms with van der Waals surface area (Å²) >= 11 is 12.0. The van der Waals surface area contributed by atoms with Crippen LogP contribution < -0.4 is 19.7 Å². The molecule has 0 saturated heterocycles. The number of carbonyl (C=O) groups is 2. The summed E-state index contributed by atoms with van der Waals surface area (Å²) < 4.78 is 53.0. The van der Waals surface area contributed by atoms with Gasteiger partial charge in [-0.05, 0) is 48.5 Å². The molecule has 1 amide bonds. The maximum Gasteiger partial charge on any atom is 0.379 e. The Kier molecular flexibility index (Phi) is 7.42. The van der Waals surface area contributed by atoms with Gasteiger partial charge in [0.15, 0.2) is 0 Å². The Morgan fingerprint density at radius 1 is 1.14 bits per heavy atom. The number of nitrogens with one attached hydrogen (secondary N) is 1. The van der Waals surface area contributed by atoms with Crippen LogP contribution in [-0.2, 0) is 10.7 Å². The molecule has 1 heterocycles. The predicted octanol–water partition coefficient (Wildman–Crippen LogP) is 5.84. The molecule has 3 aromatic carbocycles. The fourth-order valence-corrected chi connectivity index (χ4v) is 4.20. The van der Waals surface area contributed by atoms with Gasteiger partial charge in [-0.15, -0.1) is 0 Å². The highest BCUT2D eigenvalue weighted by atomic mass is 35.5. The van der Waals surface area contributed by atoms with E-state index in [-0.39, 0.29) is 34.8 Å². The number of halogens is 5. The van der Waals surface area contributed by atoms with Gasteiger partial charge in [-0.25, -0.2) is 9.18 Å². The minimum Gasteiger partial charge on any atom is -0.490 e. The molecule has 1 atom stereocenters. The normalized spacial score (nSPS) is 15.0. The van der Waals surface area contributed by atoms with E-state index >= 15 is 0 Å². The number of fused-ring (bicyclic) bond motifs is 1. The summed E-state index contributed by atoms with van der Waals surface area (Å²) in [5, 5.41) is 10.7. The Bertz CT molecular complexity index is 1370. The van der Waals surface area contributed by atoms with Gasteiger partial charge in [0.25, 0.3) is 5.91 Å². The van der Waals surface area contributed by atoms with Crippen molar-refractivity contribution in [3.8, 4) is 11.5 Å². The van der Waals surface area contributed by atoms with Crippen molar-refractivity contribution < 1.29 is 37.3 Å². The van der Waals surface area contributed by atoms with E-state index in [0.29, 0.717) is 23.7 Å². The predicted molar refractivity (Wildman–Crippen MR) is 132 cm³/mol. The third-order valence-electron chi connectivity index (χ3n) is 5.56. The van der Waals surface area contributed by atoms with Crippen molar-refractivity contribution in [3.05, 3.63) is 81.6 Å². The molecular weight excluding hydrogens is 536 g/mol. The molecule has 0 aromatic heterocycles. The third-order valence-corrected chi connectivity index (χ3v) is 6.20. The molecule has 1 aliphatic rings. The summed E-state index contributed by atoms with van der Waals surface area (Å²) in [7, 11) is 1.81. The van der Waals surface area contributed by atoms with Gasteiger partial charge >= 0.3 is 11.9 Å². The number of carboxylic acids is 1. The van der Waals surface area contributed by atoms with Crippen molar-refractivity contribution in [2.75, 3.05) is 30.4 Å². The minimum absolute atomic E-state index is 0.0279. The fraction of sp³-hybridized carbons (Fsp3) is 0.200. The Hall–Kier alpha value is -3.63. The number of nitrogens with zero attached hydrogens (tertiary/aromatic N) is 1. The molecule has 0 saturated carbocycles. The summed E-state index contributed by atoms with van der Waals surface area (Å²) in [4.78, 5) is 25.4. The Labute approximate surface area is 219 Å². The molecule has 7 nitrogen and oxygen atoms in total. The molecule has 194 valence electrons. The second kappa shape index (κ2) is 10.4. The summed E-state index contributed by atoms with van der Waals surface area (Å²) in [6.45, 7) is 0.600. The maximum atomic E-state index is 13.9. The number of alkyl halides is 2. The first-order valence-corrected chi connectivity index (χ1v) is 11.5. The highest BCUT2D eigenvalue weighted by molar-refractivity contribution is 6.34. The van der Waals surface area contributed by atoms with E-state index in [1.807, 2.05) is 11.9 Å². The zero-order chi connectivity index (χ0) is 26.9. The number of anilines is 2. The largest absolute Gasteiger partial charge is 0.490 e. The van der Waals surface area contributed by atoms with Crippen LogP contribution in [0.25, 0.3) is 0 Å². The third kappa shape index (κ3) is 5.70. The van der Waals surface area contributed by atoms with Crippen LogP contribution in [0.4, 0.5) is 24.5 Å². The Balaban J connectivity index is 1.41. The molecule has 3 aromatic rings. The molecule has 0 bridgehead atoms. The van der Waals surface area contributed by atoms with Gasteiger partial charge < -0.3 is 24.8 Å². The average Bonchev–Trinajstić information content (AvgIpc) is 2.84. The summed E-state index contributed by atoms with van der Waals surface area (Å²) in [6, 6.07) is 11.6. The molecule has 37 heavy (non-hydrogen) atoms. The smallest absolute Gasteiger partial charge is 0.379 e. The molecular formula is C25H19Cl2F3N2O5. The van der Waals surface area contributed by atoms with Crippen molar-refractivity contribution in [2.45, 2.75) is 12.0 Å². The number of hydrogen-bond acceptors (Lipinski definition) is 5. The number of rotatable bonds is 7. The van der Waals surface area contributed by atoms with Crippen LogP contribution >= 0.6 is 23.2 Å². The monoisotopic (exact) mass is 554 g/mol. The van der Waals surface area contributed by atoms with Gasteiger partial charge in [0.05, 0.1) is 33.4 Å². The molecule has 4 rings (SSSR count). The van der Waals surface area contributed by atoms with E-state index in [2.05, 4.69) is 5.32 Å². The van der Waals surface area contributed by atoms with Gasteiger partial charge in [0.2, 0.25) is 0 Å². The zero-order valence-corrected chi connectivity index (χ0v) is 20.6. The molecule has 0 fully saturated rings. The number of hydrogen-bond donors (Lipinski definition) is 2. The molecule has 0 unspecified atom stereocenters. The molecule has 2 N–H and O–H groups in total. The topological polar surface area (TPSA) is 88.1 Å². The second-order valence-electron chi connectivity index (χ2n) is 8.21. The van der Waals surface area contributed by atoms with Crippen molar-refractivity contribution in [3.63, 3.8) is 0 Å². The summed E-state index contributed by atoms with van der Waals surface area (Å²) in [6.07, 6.45) is -0.354. The van der Waals surface area contributed by atoms with Crippen molar-refractivity contribution >= 4 is 46.5 Å². The van der Waals surface area contributed by atoms with Crippen molar-refractivity contribution in [1.29, 1.82) is 0 Å². The second-order valence-corrected chi connectivity index (χ2v) is 9.03. The SMILES string of the molecule is CN1C[C@@H](COc2ccc(C(=O)Nc3ccc(Cl)c(C(F)(F)C(=O)O)c3)c(Cl)c2)Oc2ccc(F)cc21. The van der Waals surface area contributed by atoms with E-state index < -0.39 is 28.4 Å². The fourth-order valence-electron chi connectivity index (χ4n) is 3.71. The van der Waals surface area contributed by atoms with E-state index in [9.17, 15) is 22.8 Å². The first kappa shape index (κ1) is 26.4. The maximum absolute atomic E-state index is 13.9. The van der Waals surface area contributed by atoms with Crippen molar-refractivity contribution in [2.24, 2.45) is 0 Å². The molecule has 0 aliphatic carbocycles. The van der Waals surface area contributed by atoms with Crippen molar-refractivity contribution in [1.82, 2.24) is 0 Å². The summed E-state index contributed by atoms with van der Waals surface area (Å²) in [5.41, 5.74) is -0.396.